The minimum absolute atomic E-state index is 0.0451. The molecule has 3 fully saturated rings. The molecule has 0 heterocycles. The van der Waals surface area contributed by atoms with E-state index < -0.39 is 0 Å². The van der Waals surface area contributed by atoms with Crippen molar-refractivity contribution in [2.24, 2.45) is 34.5 Å². The summed E-state index contributed by atoms with van der Waals surface area (Å²) in [7, 11) is 0. The van der Waals surface area contributed by atoms with Crippen molar-refractivity contribution < 1.29 is 23.9 Å². The number of hydrogen-bond acceptors (Lipinski definition) is 6. The Bertz CT molecular complexity index is 837. The predicted octanol–water partition coefficient (Wildman–Crippen LogP) is 5.75. The van der Waals surface area contributed by atoms with Gasteiger partial charge in [-0.25, -0.2) is 0 Å². The maximum Gasteiger partial charge on any atom is 0.306 e. The van der Waals surface area contributed by atoms with Gasteiger partial charge in [-0.3, -0.25) is 14.4 Å². The lowest BCUT2D eigenvalue weighted by molar-refractivity contribution is -0.153. The highest BCUT2D eigenvalue weighted by atomic mass is 32.2. The van der Waals surface area contributed by atoms with Crippen LogP contribution in [-0.4, -0.2) is 42.4 Å². The van der Waals surface area contributed by atoms with Gasteiger partial charge in [0.2, 0.25) is 0 Å². The summed E-state index contributed by atoms with van der Waals surface area (Å²) < 4.78 is 11.8. The van der Waals surface area contributed by atoms with Crippen molar-refractivity contribution >= 4 is 29.3 Å². The number of thioether (sulfide) groups is 1. The molecule has 3 saturated carbocycles. The molecule has 4 aliphatic carbocycles. The summed E-state index contributed by atoms with van der Waals surface area (Å²) >= 11 is 1.70. The lowest BCUT2D eigenvalue weighted by Gasteiger charge is -2.60. The lowest BCUT2D eigenvalue weighted by atomic mass is 9.46. The monoisotopic (exact) mass is 490 g/mol. The smallest absolute Gasteiger partial charge is 0.306 e. The Balaban J connectivity index is 1.54. The highest BCUT2D eigenvalue weighted by Crippen LogP contribution is 2.67. The van der Waals surface area contributed by atoms with E-state index in [1.807, 2.05) is 13.0 Å². The van der Waals surface area contributed by atoms with Crippen LogP contribution in [0.4, 0.5) is 0 Å². The summed E-state index contributed by atoms with van der Waals surface area (Å²) in [6.07, 6.45) is 12.6. The molecule has 0 spiro atoms. The standard InChI is InChI=1S/C28H42O5S/c1-5-6-7-25(31)32-16-23(30)20-8-9-21-26-22(11-13-28(20,21)3)27(2)12-10-19(29)14-18(27)15-24(26)33-17-34-4/h14,20-22,24,26H,5-13,15-17H2,1-4H3/t20-,21+,22+,24-,26+,27+,28-/m1/s1. The number of esters is 1. The van der Waals surface area contributed by atoms with Crippen LogP contribution in [0.15, 0.2) is 11.6 Å². The molecule has 0 radical (unpaired) electrons. The third kappa shape index (κ3) is 4.66. The molecule has 0 aromatic rings. The normalized spacial score (nSPS) is 39.0. The summed E-state index contributed by atoms with van der Waals surface area (Å²) in [6, 6.07) is 0. The number of Topliss-reactive ketones (excluding diaryl/α,β-unsaturated/α-hetero) is 1. The van der Waals surface area contributed by atoms with Gasteiger partial charge < -0.3 is 9.47 Å². The number of hydrogen-bond donors (Lipinski definition) is 0. The van der Waals surface area contributed by atoms with Gasteiger partial charge in [0.1, 0.15) is 6.61 Å². The van der Waals surface area contributed by atoms with Crippen LogP contribution in [0.5, 0.6) is 0 Å². The minimum atomic E-state index is -0.254. The van der Waals surface area contributed by atoms with E-state index in [1.165, 1.54) is 5.57 Å². The molecule has 4 aliphatic rings. The van der Waals surface area contributed by atoms with E-state index in [0.717, 1.165) is 51.4 Å². The summed E-state index contributed by atoms with van der Waals surface area (Å²) in [5.74, 6) is 2.05. The molecule has 190 valence electrons. The molecule has 7 atom stereocenters. The fourth-order valence-electron chi connectivity index (χ4n) is 8.00. The van der Waals surface area contributed by atoms with Crippen LogP contribution in [0.25, 0.3) is 0 Å². The van der Waals surface area contributed by atoms with E-state index >= 15 is 0 Å². The Morgan fingerprint density at radius 3 is 2.68 bits per heavy atom. The van der Waals surface area contributed by atoms with Gasteiger partial charge in [0.15, 0.2) is 11.6 Å². The van der Waals surface area contributed by atoms with Crippen LogP contribution in [0.1, 0.15) is 85.0 Å². The minimum Gasteiger partial charge on any atom is -0.458 e. The topological polar surface area (TPSA) is 69.7 Å². The van der Waals surface area contributed by atoms with Crippen molar-refractivity contribution in [3.8, 4) is 0 Å². The number of ether oxygens (including phenoxy) is 2. The highest BCUT2D eigenvalue weighted by Gasteiger charge is 2.62. The zero-order chi connectivity index (χ0) is 24.5. The largest absolute Gasteiger partial charge is 0.458 e. The van der Waals surface area contributed by atoms with Gasteiger partial charge in [0, 0.05) is 18.8 Å². The van der Waals surface area contributed by atoms with E-state index in [9.17, 15) is 14.4 Å². The third-order valence-electron chi connectivity index (χ3n) is 9.86. The summed E-state index contributed by atoms with van der Waals surface area (Å²) in [6.45, 7) is 6.65. The maximum absolute atomic E-state index is 13.3. The second kappa shape index (κ2) is 10.5. The number of ketones is 2. The van der Waals surface area contributed by atoms with Gasteiger partial charge in [-0.2, -0.15) is 0 Å². The molecule has 5 nitrogen and oxygen atoms in total. The zero-order valence-electron chi connectivity index (χ0n) is 21.4. The molecule has 0 aliphatic heterocycles. The summed E-state index contributed by atoms with van der Waals surface area (Å²) in [5, 5.41) is 0. The first kappa shape index (κ1) is 25.9. The van der Waals surface area contributed by atoms with Crippen molar-refractivity contribution in [3.05, 3.63) is 11.6 Å². The second-order valence-corrected chi connectivity index (χ2v) is 12.4. The van der Waals surface area contributed by atoms with Crippen LogP contribution in [0.2, 0.25) is 0 Å². The van der Waals surface area contributed by atoms with Crippen molar-refractivity contribution in [1.82, 2.24) is 0 Å². The number of rotatable bonds is 9. The van der Waals surface area contributed by atoms with Crippen LogP contribution in [0.3, 0.4) is 0 Å². The Morgan fingerprint density at radius 1 is 1.15 bits per heavy atom. The van der Waals surface area contributed by atoms with Gasteiger partial charge in [0.25, 0.3) is 0 Å². The molecule has 0 aromatic heterocycles. The first-order valence-corrected chi connectivity index (χ1v) is 14.7. The van der Waals surface area contributed by atoms with E-state index in [2.05, 4.69) is 20.1 Å². The first-order chi connectivity index (χ1) is 16.2. The Hall–Kier alpha value is -1.14. The molecule has 6 heteroatoms. The quantitative estimate of drug-likeness (QED) is 0.303. The molecule has 0 amide bonds. The number of carbonyl (C=O) groups is 3. The molecule has 4 rings (SSSR count). The molecule has 0 saturated heterocycles. The van der Waals surface area contributed by atoms with E-state index in [-0.39, 0.29) is 47.0 Å². The fourth-order valence-corrected chi connectivity index (χ4v) is 8.31. The van der Waals surface area contributed by atoms with Crippen molar-refractivity contribution in [1.29, 1.82) is 0 Å². The van der Waals surface area contributed by atoms with Gasteiger partial charge in [0.05, 0.1) is 12.0 Å². The summed E-state index contributed by atoms with van der Waals surface area (Å²) in [4.78, 5) is 37.5. The zero-order valence-corrected chi connectivity index (χ0v) is 22.2. The second-order valence-electron chi connectivity index (χ2n) is 11.6. The van der Waals surface area contributed by atoms with E-state index in [1.54, 1.807) is 11.8 Å². The number of unbranched alkanes of at least 4 members (excludes halogenated alkanes) is 1. The van der Waals surface area contributed by atoms with Crippen molar-refractivity contribution in [2.75, 3.05) is 18.8 Å². The van der Waals surface area contributed by atoms with Gasteiger partial charge in [-0.05, 0) is 85.9 Å². The Labute approximate surface area is 209 Å². The van der Waals surface area contributed by atoms with E-state index in [0.29, 0.717) is 36.5 Å². The number of fused-ring (bicyclic) bond motifs is 5. The third-order valence-corrected chi connectivity index (χ3v) is 10.2. The predicted molar refractivity (Wildman–Crippen MR) is 134 cm³/mol. The lowest BCUT2D eigenvalue weighted by Crippen LogP contribution is -2.56. The van der Waals surface area contributed by atoms with Gasteiger partial charge in [-0.15, -0.1) is 11.8 Å². The average molecular weight is 491 g/mol. The van der Waals surface area contributed by atoms with E-state index in [4.69, 9.17) is 9.47 Å². The summed E-state index contributed by atoms with van der Waals surface area (Å²) in [5.41, 5.74) is 1.29. The average Bonchev–Trinajstić information content (AvgIpc) is 3.17. The fraction of sp³-hybridized carbons (Fsp3) is 0.821. The van der Waals surface area contributed by atoms with Crippen molar-refractivity contribution in [2.45, 2.75) is 91.1 Å². The Kier molecular flexibility index (Phi) is 7.98. The van der Waals surface area contributed by atoms with Gasteiger partial charge >= 0.3 is 5.97 Å². The van der Waals surface area contributed by atoms with Crippen LogP contribution < -0.4 is 0 Å². The molecule has 34 heavy (non-hydrogen) atoms. The molecule has 0 N–H and O–H groups in total. The highest BCUT2D eigenvalue weighted by molar-refractivity contribution is 7.98. The van der Waals surface area contributed by atoms with Crippen LogP contribution in [0, 0.1) is 34.5 Å². The maximum atomic E-state index is 13.3. The molecular formula is C28H42O5S. The van der Waals surface area contributed by atoms with Crippen molar-refractivity contribution in [3.63, 3.8) is 0 Å². The van der Waals surface area contributed by atoms with Crippen LogP contribution in [-0.2, 0) is 23.9 Å². The Morgan fingerprint density at radius 2 is 1.94 bits per heavy atom. The SMILES string of the molecule is CCCCC(=O)OCC(=O)[C@H]1CC[C@H]2[C@@H]3[C@H](OCSC)CC4=CC(=O)CC[C@]4(C)[C@H]3CC[C@]12C. The first-order valence-electron chi connectivity index (χ1n) is 13.3. The molecular weight excluding hydrogens is 448 g/mol. The molecule has 0 aromatic carbocycles. The van der Waals surface area contributed by atoms with Gasteiger partial charge in [-0.1, -0.05) is 32.8 Å². The molecule has 0 unspecified atom stereocenters. The van der Waals surface area contributed by atoms with Crippen LogP contribution >= 0.6 is 11.8 Å². The number of carbonyl (C=O) groups excluding carboxylic acids is 3. The molecule has 0 bridgehead atoms.